The molecule has 0 amide bonds. The van der Waals surface area contributed by atoms with Crippen molar-refractivity contribution in [2.45, 2.75) is 0 Å². The normalized spacial score (nSPS) is 10.5. The maximum absolute atomic E-state index is 6.04. The average molecular weight is 273 g/mol. The van der Waals surface area contributed by atoms with Gasteiger partial charge >= 0.3 is 0 Å². The summed E-state index contributed by atoms with van der Waals surface area (Å²) in [5, 5.41) is 1.56. The Kier molecular flexibility index (Phi) is 2.61. The van der Waals surface area contributed by atoms with Crippen LogP contribution in [0.2, 0.25) is 5.02 Å². The van der Waals surface area contributed by atoms with Gasteiger partial charge in [-0.2, -0.15) is 0 Å². The van der Waals surface area contributed by atoms with E-state index in [1.807, 2.05) is 12.1 Å². The Morgan fingerprint density at radius 1 is 1.43 bits per heavy atom. The highest BCUT2D eigenvalue weighted by molar-refractivity contribution is 9.10. The molecule has 0 spiro atoms. The van der Waals surface area contributed by atoms with Crippen molar-refractivity contribution in [2.24, 2.45) is 0 Å². The first-order valence-corrected chi connectivity index (χ1v) is 5.17. The number of aromatic nitrogens is 1. The zero-order chi connectivity index (χ0) is 10.1. The molecule has 0 unspecified atom stereocenters. The van der Waals surface area contributed by atoms with Gasteiger partial charge < -0.3 is 4.74 Å². The molecule has 0 N–H and O–H groups in total. The Bertz CT molecular complexity index is 487. The van der Waals surface area contributed by atoms with Crippen molar-refractivity contribution in [1.82, 2.24) is 4.98 Å². The number of halogens is 2. The number of fused-ring (bicyclic) bond motifs is 1. The van der Waals surface area contributed by atoms with Crippen LogP contribution in [0.15, 0.2) is 28.9 Å². The van der Waals surface area contributed by atoms with Crippen LogP contribution in [0.25, 0.3) is 10.9 Å². The lowest BCUT2D eigenvalue weighted by Gasteiger charge is -2.05. The molecule has 0 aliphatic carbocycles. The van der Waals surface area contributed by atoms with Crippen molar-refractivity contribution >= 4 is 38.4 Å². The van der Waals surface area contributed by atoms with Crippen molar-refractivity contribution in [3.63, 3.8) is 0 Å². The Hall–Kier alpha value is -0.800. The van der Waals surface area contributed by atoms with E-state index in [0.717, 1.165) is 21.1 Å². The number of pyridine rings is 1. The maximum Gasteiger partial charge on any atom is 0.145 e. The molecular weight excluding hydrogens is 265 g/mol. The predicted octanol–water partition coefficient (Wildman–Crippen LogP) is 3.66. The predicted molar refractivity (Wildman–Crippen MR) is 61.0 cm³/mol. The molecule has 0 aliphatic rings. The lowest BCUT2D eigenvalue weighted by Crippen LogP contribution is -1.87. The number of nitrogens with zero attached hydrogens (tertiary/aromatic N) is 1. The topological polar surface area (TPSA) is 22.1 Å². The molecule has 1 aromatic carbocycles. The number of hydrogen-bond acceptors (Lipinski definition) is 2. The first kappa shape index (κ1) is 9.74. The Balaban J connectivity index is 2.84. The number of rotatable bonds is 1. The molecule has 2 nitrogen and oxygen atoms in total. The quantitative estimate of drug-likeness (QED) is 0.790. The smallest absolute Gasteiger partial charge is 0.145 e. The van der Waals surface area contributed by atoms with Crippen molar-refractivity contribution < 1.29 is 4.74 Å². The highest BCUT2D eigenvalue weighted by Crippen LogP contribution is 2.31. The van der Waals surface area contributed by atoms with Gasteiger partial charge in [-0.05, 0) is 34.1 Å². The molecule has 2 aromatic rings. The molecule has 0 radical (unpaired) electrons. The van der Waals surface area contributed by atoms with Gasteiger partial charge in [-0.3, -0.25) is 4.98 Å². The van der Waals surface area contributed by atoms with Gasteiger partial charge in [0, 0.05) is 16.1 Å². The highest BCUT2D eigenvalue weighted by atomic mass is 79.9. The summed E-state index contributed by atoms with van der Waals surface area (Å²) >= 11 is 9.39. The van der Waals surface area contributed by atoms with Crippen molar-refractivity contribution in [2.75, 3.05) is 7.11 Å². The van der Waals surface area contributed by atoms with E-state index < -0.39 is 0 Å². The lowest BCUT2D eigenvalue weighted by atomic mass is 10.2. The largest absolute Gasteiger partial charge is 0.494 e. The molecule has 0 aliphatic heterocycles. The fraction of sp³-hybridized carbons (Fsp3) is 0.100. The second-order valence-corrected chi connectivity index (χ2v) is 4.12. The van der Waals surface area contributed by atoms with Crippen LogP contribution in [0.5, 0.6) is 5.75 Å². The van der Waals surface area contributed by atoms with E-state index in [0.29, 0.717) is 5.02 Å². The minimum atomic E-state index is 0.676. The van der Waals surface area contributed by atoms with Crippen molar-refractivity contribution in [3.8, 4) is 5.75 Å². The number of benzene rings is 1. The van der Waals surface area contributed by atoms with Gasteiger partial charge in [0.2, 0.25) is 0 Å². The van der Waals surface area contributed by atoms with Gasteiger partial charge in [-0.15, -0.1) is 0 Å². The van der Waals surface area contributed by atoms with Crippen LogP contribution < -0.4 is 4.74 Å². The zero-order valence-corrected chi connectivity index (χ0v) is 9.76. The van der Waals surface area contributed by atoms with Crippen LogP contribution >= 0.6 is 27.5 Å². The summed E-state index contributed by atoms with van der Waals surface area (Å²) in [6.07, 6.45) is 1.72. The fourth-order valence-electron chi connectivity index (χ4n) is 1.30. The molecule has 14 heavy (non-hydrogen) atoms. The standard InChI is InChI=1S/C10H7BrClNO/c1-14-9-3-2-8(12)7-4-6(11)5-13-10(7)9/h2-5H,1H3. The summed E-state index contributed by atoms with van der Waals surface area (Å²) < 4.78 is 6.09. The third-order valence-electron chi connectivity index (χ3n) is 1.95. The summed E-state index contributed by atoms with van der Waals surface area (Å²) in [5.74, 6) is 0.733. The molecule has 2 rings (SSSR count). The molecule has 4 heteroatoms. The number of ether oxygens (including phenoxy) is 1. The van der Waals surface area contributed by atoms with Gasteiger partial charge in [0.05, 0.1) is 12.1 Å². The van der Waals surface area contributed by atoms with Gasteiger partial charge in [0.15, 0.2) is 0 Å². The lowest BCUT2D eigenvalue weighted by molar-refractivity contribution is 0.419. The minimum absolute atomic E-state index is 0.676. The van der Waals surface area contributed by atoms with E-state index in [-0.39, 0.29) is 0 Å². The molecule has 72 valence electrons. The van der Waals surface area contributed by atoms with Crippen LogP contribution in [0.3, 0.4) is 0 Å². The van der Waals surface area contributed by atoms with Crippen LogP contribution in [-0.2, 0) is 0 Å². The van der Waals surface area contributed by atoms with Gasteiger partial charge in [-0.25, -0.2) is 0 Å². The summed E-state index contributed by atoms with van der Waals surface area (Å²) in [6, 6.07) is 5.54. The van der Waals surface area contributed by atoms with E-state index in [4.69, 9.17) is 16.3 Å². The van der Waals surface area contributed by atoms with E-state index >= 15 is 0 Å². The molecule has 0 saturated heterocycles. The Morgan fingerprint density at radius 2 is 2.21 bits per heavy atom. The summed E-state index contributed by atoms with van der Waals surface area (Å²) in [5.41, 5.74) is 0.781. The molecule has 0 saturated carbocycles. The monoisotopic (exact) mass is 271 g/mol. The van der Waals surface area contributed by atoms with E-state index in [1.165, 1.54) is 0 Å². The maximum atomic E-state index is 6.04. The summed E-state index contributed by atoms with van der Waals surface area (Å²) in [4.78, 5) is 4.26. The SMILES string of the molecule is COc1ccc(Cl)c2cc(Br)cnc12. The summed E-state index contributed by atoms with van der Waals surface area (Å²) in [6.45, 7) is 0. The van der Waals surface area contributed by atoms with Crippen LogP contribution in [-0.4, -0.2) is 12.1 Å². The van der Waals surface area contributed by atoms with Crippen molar-refractivity contribution in [3.05, 3.63) is 33.9 Å². The first-order valence-electron chi connectivity index (χ1n) is 4.00. The fourth-order valence-corrected chi connectivity index (χ4v) is 1.84. The van der Waals surface area contributed by atoms with Gasteiger partial charge in [0.1, 0.15) is 11.3 Å². The third-order valence-corrected chi connectivity index (χ3v) is 2.71. The Labute approximate surface area is 95.0 Å². The minimum Gasteiger partial charge on any atom is -0.494 e. The molecule has 0 bridgehead atoms. The second kappa shape index (κ2) is 3.75. The van der Waals surface area contributed by atoms with Crippen LogP contribution in [0, 0.1) is 0 Å². The van der Waals surface area contributed by atoms with Crippen LogP contribution in [0.1, 0.15) is 0 Å². The van der Waals surface area contributed by atoms with E-state index in [9.17, 15) is 0 Å². The number of methoxy groups -OCH3 is 1. The average Bonchev–Trinajstić information content (AvgIpc) is 2.19. The molecule has 1 aromatic heterocycles. The van der Waals surface area contributed by atoms with Crippen molar-refractivity contribution in [1.29, 1.82) is 0 Å². The number of hydrogen-bond donors (Lipinski definition) is 0. The molecule has 0 atom stereocenters. The highest BCUT2D eigenvalue weighted by Gasteiger charge is 2.06. The second-order valence-electron chi connectivity index (χ2n) is 2.80. The van der Waals surface area contributed by atoms with Crippen LogP contribution in [0.4, 0.5) is 0 Å². The molecule has 0 fully saturated rings. The van der Waals surface area contributed by atoms with Gasteiger partial charge in [-0.1, -0.05) is 11.6 Å². The first-order chi connectivity index (χ1) is 6.72. The van der Waals surface area contributed by atoms with Gasteiger partial charge in [0.25, 0.3) is 0 Å². The Morgan fingerprint density at radius 3 is 2.93 bits per heavy atom. The van der Waals surface area contributed by atoms with E-state index in [2.05, 4.69) is 20.9 Å². The third kappa shape index (κ3) is 1.57. The molecule has 1 heterocycles. The zero-order valence-electron chi connectivity index (χ0n) is 7.42. The summed E-state index contributed by atoms with van der Waals surface area (Å²) in [7, 11) is 1.62. The molecular formula is C10H7BrClNO. The van der Waals surface area contributed by atoms with E-state index in [1.54, 1.807) is 19.4 Å².